The van der Waals surface area contributed by atoms with Crippen LogP contribution < -0.4 is 5.32 Å². The molecule has 0 saturated carbocycles. The fraction of sp³-hybridized carbons (Fsp3) is 0.400. The van der Waals surface area contributed by atoms with E-state index < -0.39 is 25.0 Å². The molecule has 4 nitrogen and oxygen atoms in total. The number of aromatic nitrogens is 1. The van der Waals surface area contributed by atoms with Gasteiger partial charge in [-0.2, -0.15) is 0 Å². The quantitative estimate of drug-likeness (QED) is 0.802. The van der Waals surface area contributed by atoms with Crippen LogP contribution in [0.1, 0.15) is 16.1 Å². The van der Waals surface area contributed by atoms with Crippen molar-refractivity contribution in [1.82, 2.24) is 10.3 Å². The van der Waals surface area contributed by atoms with Gasteiger partial charge in [-0.15, -0.1) is 0 Å². The summed E-state index contributed by atoms with van der Waals surface area (Å²) in [6, 6.07) is 3.00. The second-order valence-electron chi connectivity index (χ2n) is 3.30. The third kappa shape index (κ3) is 3.54. The number of rotatable bonds is 4. The van der Waals surface area contributed by atoms with E-state index in [1.165, 1.54) is 18.3 Å². The fourth-order valence-corrected chi connectivity index (χ4v) is 1.08. The lowest BCUT2D eigenvalue weighted by Crippen LogP contribution is -2.35. The maximum Gasteiger partial charge on any atom is 0.265 e. The van der Waals surface area contributed by atoms with Gasteiger partial charge in [0.05, 0.1) is 0 Å². The molecular formula is C10H12F2N2O2. The Morgan fingerprint density at radius 2 is 2.31 bits per heavy atom. The predicted octanol–water partition coefficient (Wildman–Crippen LogP) is 0.746. The van der Waals surface area contributed by atoms with Gasteiger partial charge in [0.15, 0.2) is 0 Å². The molecule has 1 rings (SSSR count). The van der Waals surface area contributed by atoms with Crippen molar-refractivity contribution in [3.05, 3.63) is 29.6 Å². The van der Waals surface area contributed by atoms with Gasteiger partial charge in [0.25, 0.3) is 12.3 Å². The first kappa shape index (κ1) is 12.5. The number of carbonyl (C=O) groups is 1. The molecule has 1 heterocycles. The highest BCUT2D eigenvalue weighted by Gasteiger charge is 2.17. The number of aliphatic hydroxyl groups excluding tert-OH is 1. The summed E-state index contributed by atoms with van der Waals surface area (Å²) in [6.07, 6.45) is -3.25. The Kier molecular flexibility index (Phi) is 4.30. The van der Waals surface area contributed by atoms with E-state index in [1.54, 1.807) is 6.92 Å². The summed E-state index contributed by atoms with van der Waals surface area (Å²) in [6.45, 7) is 1.24. The molecule has 0 bridgehead atoms. The lowest BCUT2D eigenvalue weighted by Gasteiger charge is -2.10. The van der Waals surface area contributed by atoms with Gasteiger partial charge in [0.2, 0.25) is 0 Å². The first-order chi connectivity index (χ1) is 7.50. The van der Waals surface area contributed by atoms with Gasteiger partial charge in [0.1, 0.15) is 6.10 Å². The van der Waals surface area contributed by atoms with Crippen LogP contribution in [0.15, 0.2) is 18.3 Å². The van der Waals surface area contributed by atoms with Crippen LogP contribution in [0.4, 0.5) is 8.78 Å². The van der Waals surface area contributed by atoms with E-state index in [4.69, 9.17) is 5.11 Å². The van der Waals surface area contributed by atoms with E-state index in [9.17, 15) is 13.6 Å². The van der Waals surface area contributed by atoms with E-state index in [1.807, 2.05) is 0 Å². The number of aliphatic hydroxyl groups is 1. The van der Waals surface area contributed by atoms with E-state index in [0.29, 0.717) is 11.3 Å². The molecule has 0 aromatic carbocycles. The first-order valence-electron chi connectivity index (χ1n) is 4.68. The molecule has 88 valence electrons. The zero-order valence-corrected chi connectivity index (χ0v) is 8.65. The van der Waals surface area contributed by atoms with Crippen molar-refractivity contribution in [3.63, 3.8) is 0 Å². The van der Waals surface area contributed by atoms with Crippen LogP contribution in [0.25, 0.3) is 0 Å². The van der Waals surface area contributed by atoms with E-state index in [2.05, 4.69) is 10.3 Å². The fourth-order valence-electron chi connectivity index (χ4n) is 1.08. The SMILES string of the molecule is Cc1cc(C(=O)NCC(O)C(F)F)ccn1. The number of carbonyl (C=O) groups excluding carboxylic acids is 1. The maximum atomic E-state index is 11.9. The van der Waals surface area contributed by atoms with Gasteiger partial charge < -0.3 is 10.4 Å². The molecule has 0 fully saturated rings. The van der Waals surface area contributed by atoms with Gasteiger partial charge in [0, 0.05) is 24.0 Å². The maximum absolute atomic E-state index is 11.9. The Hall–Kier alpha value is -1.56. The third-order valence-corrected chi connectivity index (χ3v) is 1.92. The molecule has 1 amide bonds. The highest BCUT2D eigenvalue weighted by Crippen LogP contribution is 2.02. The van der Waals surface area contributed by atoms with Gasteiger partial charge in [-0.25, -0.2) is 8.78 Å². The minimum absolute atomic E-state index is 0.328. The molecule has 6 heteroatoms. The van der Waals surface area contributed by atoms with Crippen molar-refractivity contribution in [2.24, 2.45) is 0 Å². The molecule has 2 N–H and O–H groups in total. The number of alkyl halides is 2. The van der Waals surface area contributed by atoms with Crippen LogP contribution in [0.3, 0.4) is 0 Å². The molecule has 1 atom stereocenters. The third-order valence-electron chi connectivity index (χ3n) is 1.92. The zero-order chi connectivity index (χ0) is 12.1. The van der Waals surface area contributed by atoms with Crippen molar-refractivity contribution in [2.75, 3.05) is 6.54 Å². The molecule has 1 aromatic rings. The zero-order valence-electron chi connectivity index (χ0n) is 8.65. The predicted molar refractivity (Wildman–Crippen MR) is 53.3 cm³/mol. The molecule has 0 saturated heterocycles. The Labute approximate surface area is 91.3 Å². The van der Waals surface area contributed by atoms with E-state index in [0.717, 1.165) is 0 Å². The largest absolute Gasteiger partial charge is 0.385 e. The molecule has 0 aliphatic heterocycles. The van der Waals surface area contributed by atoms with Crippen molar-refractivity contribution >= 4 is 5.91 Å². The summed E-state index contributed by atoms with van der Waals surface area (Å²) in [7, 11) is 0. The van der Waals surface area contributed by atoms with Gasteiger partial charge in [-0.05, 0) is 19.1 Å². The minimum atomic E-state index is -2.86. The van der Waals surface area contributed by atoms with E-state index >= 15 is 0 Å². The Bertz CT molecular complexity index is 372. The number of hydrogen-bond donors (Lipinski definition) is 2. The summed E-state index contributed by atoms with van der Waals surface area (Å²) in [5.41, 5.74) is 0.982. The number of pyridine rings is 1. The van der Waals surface area contributed by atoms with Crippen molar-refractivity contribution < 1.29 is 18.7 Å². The van der Waals surface area contributed by atoms with Crippen LogP contribution >= 0.6 is 0 Å². The number of halogens is 2. The Morgan fingerprint density at radius 3 is 2.88 bits per heavy atom. The Morgan fingerprint density at radius 1 is 1.62 bits per heavy atom. The standard InChI is InChI=1S/C10H12F2N2O2/c1-6-4-7(2-3-13-6)10(16)14-5-8(15)9(11)12/h2-4,8-9,15H,5H2,1H3,(H,14,16). The van der Waals surface area contributed by atoms with Crippen LogP contribution in [-0.4, -0.2) is 35.1 Å². The summed E-state index contributed by atoms with van der Waals surface area (Å²) >= 11 is 0. The molecule has 1 unspecified atom stereocenters. The van der Waals surface area contributed by atoms with Gasteiger partial charge in [-0.3, -0.25) is 9.78 Å². The molecular weight excluding hydrogens is 218 g/mol. The topological polar surface area (TPSA) is 62.2 Å². The van der Waals surface area contributed by atoms with Crippen molar-refractivity contribution in [3.8, 4) is 0 Å². The molecule has 0 aliphatic rings. The first-order valence-corrected chi connectivity index (χ1v) is 4.68. The molecule has 0 aliphatic carbocycles. The summed E-state index contributed by atoms with van der Waals surface area (Å²) in [5.74, 6) is -0.509. The normalized spacial score (nSPS) is 12.6. The number of nitrogens with zero attached hydrogens (tertiary/aromatic N) is 1. The minimum Gasteiger partial charge on any atom is -0.385 e. The highest BCUT2D eigenvalue weighted by atomic mass is 19.3. The van der Waals surface area contributed by atoms with Crippen LogP contribution in [0.5, 0.6) is 0 Å². The average molecular weight is 230 g/mol. The lowest BCUT2D eigenvalue weighted by atomic mass is 10.2. The van der Waals surface area contributed by atoms with Crippen molar-refractivity contribution in [1.29, 1.82) is 0 Å². The second-order valence-corrected chi connectivity index (χ2v) is 3.30. The molecule has 0 spiro atoms. The smallest absolute Gasteiger partial charge is 0.265 e. The second kappa shape index (κ2) is 5.50. The molecule has 1 aromatic heterocycles. The number of nitrogens with one attached hydrogen (secondary N) is 1. The summed E-state index contributed by atoms with van der Waals surface area (Å²) in [4.78, 5) is 15.3. The molecule has 0 radical (unpaired) electrons. The number of hydrogen-bond acceptors (Lipinski definition) is 3. The van der Waals surface area contributed by atoms with Gasteiger partial charge in [-0.1, -0.05) is 0 Å². The Balaban J connectivity index is 2.53. The lowest BCUT2D eigenvalue weighted by molar-refractivity contribution is -0.00270. The van der Waals surface area contributed by atoms with Crippen LogP contribution in [0.2, 0.25) is 0 Å². The molecule has 16 heavy (non-hydrogen) atoms. The monoisotopic (exact) mass is 230 g/mol. The van der Waals surface area contributed by atoms with Crippen molar-refractivity contribution in [2.45, 2.75) is 19.5 Å². The average Bonchev–Trinajstić information content (AvgIpc) is 2.25. The summed E-state index contributed by atoms with van der Waals surface area (Å²) < 4.78 is 23.9. The van der Waals surface area contributed by atoms with Crippen LogP contribution in [0, 0.1) is 6.92 Å². The van der Waals surface area contributed by atoms with Crippen LogP contribution in [-0.2, 0) is 0 Å². The summed E-state index contributed by atoms with van der Waals surface area (Å²) in [5, 5.41) is 11.0. The number of aryl methyl sites for hydroxylation is 1. The van der Waals surface area contributed by atoms with Gasteiger partial charge >= 0.3 is 0 Å². The highest BCUT2D eigenvalue weighted by molar-refractivity contribution is 5.94. The number of amides is 1. The van der Waals surface area contributed by atoms with E-state index in [-0.39, 0.29) is 0 Å².